The van der Waals surface area contributed by atoms with Gasteiger partial charge in [-0.25, -0.2) is 4.99 Å². The Balaban J connectivity index is 2.46. The van der Waals surface area contributed by atoms with Gasteiger partial charge in [-0.15, -0.1) is 0 Å². The smallest absolute Gasteiger partial charge is 0.146 e. The fourth-order valence-corrected chi connectivity index (χ4v) is 3.64. The highest BCUT2D eigenvalue weighted by atomic mass is 31.0. The molecule has 0 aliphatic heterocycles. The molecule has 1 heterocycles. The van der Waals surface area contributed by atoms with Gasteiger partial charge in [0.05, 0.1) is 5.69 Å². The summed E-state index contributed by atoms with van der Waals surface area (Å²) in [7, 11) is 1.20. The molecule has 1 N–H and O–H groups in total. The maximum absolute atomic E-state index is 5.02. The summed E-state index contributed by atoms with van der Waals surface area (Å²) in [6.45, 7) is 10.3. The normalized spacial score (nSPS) is 13.2. The van der Waals surface area contributed by atoms with Crippen LogP contribution in [-0.4, -0.2) is 5.84 Å². The van der Waals surface area contributed by atoms with E-state index in [1.165, 1.54) is 19.3 Å². The fraction of sp³-hybridized carbons (Fsp3) is 0.308. The highest BCUT2D eigenvalue weighted by Gasteiger charge is 2.13. The molecule has 2 rings (SSSR count). The topological polar surface area (TPSA) is 27.6 Å². The molecule has 0 spiro atoms. The van der Waals surface area contributed by atoms with Crippen molar-refractivity contribution >= 4 is 19.7 Å². The lowest BCUT2D eigenvalue weighted by molar-refractivity contribution is 0.644. The third-order valence-electron chi connectivity index (χ3n) is 4.53. The Hall–Kier alpha value is -2.82. The monoisotopic (exact) mass is 417 g/mol. The van der Waals surface area contributed by atoms with Gasteiger partial charge in [0.15, 0.2) is 0 Å². The number of unbranched alkanes of at least 4 members (excludes halogenated alkanes) is 1. The zero-order valence-electron chi connectivity index (χ0n) is 18.7. The first-order chi connectivity index (χ1) is 14.6. The molecule has 4 heteroatoms. The van der Waals surface area contributed by atoms with E-state index in [1.54, 1.807) is 0 Å². The molecule has 0 saturated heterocycles. The van der Waals surface area contributed by atoms with E-state index < -0.39 is 0 Å². The van der Waals surface area contributed by atoms with Crippen LogP contribution in [0, 0.1) is 18.9 Å². The number of hydrogen-bond acceptors (Lipinski definition) is 2. The number of hydrogen-bond donors (Lipinski definition) is 1. The van der Waals surface area contributed by atoms with Gasteiger partial charge in [-0.05, 0) is 75.1 Å². The molecule has 0 aliphatic carbocycles. The van der Waals surface area contributed by atoms with Crippen molar-refractivity contribution in [2.24, 2.45) is 4.99 Å². The number of rotatable bonds is 8. The van der Waals surface area contributed by atoms with Crippen molar-refractivity contribution in [1.82, 2.24) is 5.32 Å². The van der Waals surface area contributed by atoms with Crippen LogP contribution in [0.25, 0.3) is 0 Å². The van der Waals surface area contributed by atoms with Gasteiger partial charge in [-0.3, -0.25) is 4.90 Å². The minimum Gasteiger partial charge on any atom is -0.364 e. The molecule has 0 radical (unpaired) electrons. The SMILES string of the molecule is CC#CN(C(/C=C\C)=N/C(=C/CCC)N[C@@H](C)c1ccccc1)c1ccpcc1C. The third kappa shape index (κ3) is 6.90. The van der Waals surface area contributed by atoms with E-state index in [2.05, 4.69) is 86.1 Å². The molecule has 3 nitrogen and oxygen atoms in total. The number of allylic oxidation sites excluding steroid dienone is 2. The maximum Gasteiger partial charge on any atom is 0.146 e. The zero-order valence-corrected chi connectivity index (χ0v) is 19.6. The molecular formula is C26H32N3P. The average molecular weight is 418 g/mol. The second-order valence-corrected chi connectivity index (χ2v) is 7.84. The summed E-state index contributed by atoms with van der Waals surface area (Å²) in [5.74, 6) is 9.03. The molecule has 0 amide bonds. The second-order valence-electron chi connectivity index (χ2n) is 6.98. The number of anilines is 1. The first-order valence-electron chi connectivity index (χ1n) is 10.5. The quantitative estimate of drug-likeness (QED) is 0.211. The van der Waals surface area contributed by atoms with Crippen LogP contribution >= 0.6 is 8.19 Å². The van der Waals surface area contributed by atoms with Gasteiger partial charge >= 0.3 is 0 Å². The molecule has 0 saturated carbocycles. The first-order valence-corrected chi connectivity index (χ1v) is 11.5. The van der Waals surface area contributed by atoms with Crippen molar-refractivity contribution in [3.63, 3.8) is 0 Å². The summed E-state index contributed by atoms with van der Waals surface area (Å²) in [5, 5.41) is 3.59. The molecule has 0 bridgehead atoms. The lowest BCUT2D eigenvalue weighted by atomic mass is 10.1. The number of nitrogens with one attached hydrogen (secondary N) is 1. The lowest BCUT2D eigenvalue weighted by Crippen LogP contribution is -2.27. The molecule has 2 aromatic rings. The minimum atomic E-state index is 0.151. The number of nitrogens with zero attached hydrogens (tertiary/aromatic N) is 2. The van der Waals surface area contributed by atoms with Gasteiger partial charge in [0.1, 0.15) is 11.7 Å². The molecular weight excluding hydrogens is 385 g/mol. The van der Waals surface area contributed by atoms with E-state index >= 15 is 0 Å². The summed E-state index contributed by atoms with van der Waals surface area (Å²) in [6, 6.07) is 15.9. The fourth-order valence-electron chi connectivity index (χ4n) is 2.97. The summed E-state index contributed by atoms with van der Waals surface area (Å²) in [6.07, 6.45) is 8.22. The van der Waals surface area contributed by atoms with Crippen LogP contribution in [0.5, 0.6) is 0 Å². The maximum atomic E-state index is 5.02. The van der Waals surface area contributed by atoms with Gasteiger partial charge in [0.25, 0.3) is 0 Å². The lowest BCUT2D eigenvalue weighted by Gasteiger charge is -2.22. The minimum absolute atomic E-state index is 0.151. The van der Waals surface area contributed by atoms with Crippen LogP contribution < -0.4 is 10.2 Å². The van der Waals surface area contributed by atoms with E-state index in [4.69, 9.17) is 4.99 Å². The molecule has 0 fully saturated rings. The van der Waals surface area contributed by atoms with Crippen LogP contribution in [0.4, 0.5) is 5.69 Å². The predicted molar refractivity (Wildman–Crippen MR) is 133 cm³/mol. The van der Waals surface area contributed by atoms with Crippen molar-refractivity contribution in [1.29, 1.82) is 0 Å². The van der Waals surface area contributed by atoms with E-state index in [1.807, 2.05) is 37.0 Å². The Morgan fingerprint density at radius 2 is 2.03 bits per heavy atom. The first kappa shape index (κ1) is 23.5. The largest absolute Gasteiger partial charge is 0.364 e. The van der Waals surface area contributed by atoms with Crippen molar-refractivity contribution in [3.8, 4) is 12.0 Å². The van der Waals surface area contributed by atoms with Crippen LogP contribution in [-0.2, 0) is 0 Å². The van der Waals surface area contributed by atoms with Crippen LogP contribution in [0.3, 0.4) is 0 Å². The van der Waals surface area contributed by atoms with Gasteiger partial charge in [-0.2, -0.15) is 0 Å². The van der Waals surface area contributed by atoms with Crippen molar-refractivity contribution in [2.75, 3.05) is 4.90 Å². The number of benzene rings is 1. The summed E-state index contributed by atoms with van der Waals surface area (Å²) in [5.41, 5.74) is 3.49. The van der Waals surface area contributed by atoms with Crippen molar-refractivity contribution < 1.29 is 0 Å². The van der Waals surface area contributed by atoms with E-state index in [-0.39, 0.29) is 6.04 Å². The predicted octanol–water partition coefficient (Wildman–Crippen LogP) is 7.33. The zero-order chi connectivity index (χ0) is 21.8. The molecule has 0 aliphatic rings. The Kier molecular flexibility index (Phi) is 9.92. The van der Waals surface area contributed by atoms with E-state index in [0.29, 0.717) is 0 Å². The standard InChI is InChI=1S/C26H32N3P/c1-6-9-16-25(27-22(5)23-14-11-10-12-15-23)28-26(13-7-2)29(18-8-3)24-17-19-30-20-21(24)4/h7,10-17,19-20,22,27H,6,9H2,1-5H3/b13-7-,25-16+,28-26+/t22-/m0/s1. The van der Waals surface area contributed by atoms with Gasteiger partial charge < -0.3 is 5.32 Å². The van der Waals surface area contributed by atoms with Gasteiger partial charge in [0.2, 0.25) is 0 Å². The van der Waals surface area contributed by atoms with Crippen LogP contribution in [0.15, 0.2) is 77.0 Å². The third-order valence-corrected chi connectivity index (χ3v) is 5.38. The molecule has 30 heavy (non-hydrogen) atoms. The highest BCUT2D eigenvalue weighted by Crippen LogP contribution is 2.24. The Morgan fingerprint density at radius 3 is 2.67 bits per heavy atom. The Labute approximate surface area is 183 Å². The molecule has 1 aromatic heterocycles. The second kappa shape index (κ2) is 12.7. The highest BCUT2D eigenvalue weighted by molar-refractivity contribution is 7.28. The number of aliphatic imine (C=N–C) groups is 1. The number of amidine groups is 1. The molecule has 156 valence electrons. The molecule has 1 aromatic carbocycles. The summed E-state index contributed by atoms with van der Waals surface area (Å²) >= 11 is 0. The Morgan fingerprint density at radius 1 is 1.27 bits per heavy atom. The van der Waals surface area contributed by atoms with Gasteiger partial charge in [0, 0.05) is 12.1 Å². The Bertz CT molecular complexity index is 949. The van der Waals surface area contributed by atoms with Crippen molar-refractivity contribution in [3.05, 3.63) is 83.2 Å². The van der Waals surface area contributed by atoms with E-state index in [9.17, 15) is 0 Å². The van der Waals surface area contributed by atoms with Crippen LogP contribution in [0.2, 0.25) is 0 Å². The van der Waals surface area contributed by atoms with E-state index in [0.717, 1.165) is 30.2 Å². The van der Waals surface area contributed by atoms with Gasteiger partial charge in [-0.1, -0.05) is 63.9 Å². The average Bonchev–Trinajstić information content (AvgIpc) is 2.76. The number of aryl methyl sites for hydroxylation is 1. The summed E-state index contributed by atoms with van der Waals surface area (Å²) < 4.78 is 0. The molecule has 0 unspecified atom stereocenters. The van der Waals surface area contributed by atoms with Crippen molar-refractivity contribution in [2.45, 2.75) is 53.5 Å². The summed E-state index contributed by atoms with van der Waals surface area (Å²) in [4.78, 5) is 6.99. The molecule has 1 atom stereocenters. The van der Waals surface area contributed by atoms with Crippen LogP contribution in [0.1, 0.15) is 57.7 Å².